The van der Waals surface area contributed by atoms with Crippen LogP contribution in [0.15, 0.2) is 30.3 Å². The number of pyridine rings is 1. The summed E-state index contributed by atoms with van der Waals surface area (Å²) in [6.07, 6.45) is 6.96. The Morgan fingerprint density at radius 3 is 2.27 bits per heavy atom. The fourth-order valence-electron chi connectivity index (χ4n) is 3.25. The summed E-state index contributed by atoms with van der Waals surface area (Å²) in [6.45, 7) is 10.1. The summed E-state index contributed by atoms with van der Waals surface area (Å²) in [7, 11) is 0. The van der Waals surface area contributed by atoms with Crippen LogP contribution in [-0.2, 0) is 4.74 Å². The number of para-hydroxylation sites is 1. The Morgan fingerprint density at radius 2 is 1.69 bits per heavy atom. The first-order chi connectivity index (χ1) is 12.4. The first kappa shape index (κ1) is 20.4. The number of carbonyl (C=O) groups is 1. The molecule has 0 aliphatic rings. The average molecular weight is 356 g/mol. The standard InChI is InChI=1S/C23H33NO2/c1-6-8-12-17(13-9-7-2)21-16-19(22(25)26-23(3,4)5)18-14-10-11-15-20(18)24-21/h10-11,14-17H,6-9,12-13H2,1-5H3. The van der Waals surface area contributed by atoms with Crippen molar-refractivity contribution in [3.05, 3.63) is 41.6 Å². The normalized spacial score (nSPS) is 11.9. The van der Waals surface area contributed by atoms with Crippen molar-refractivity contribution in [3.8, 4) is 0 Å². The highest BCUT2D eigenvalue weighted by molar-refractivity contribution is 6.03. The Morgan fingerprint density at radius 1 is 1.08 bits per heavy atom. The molecule has 2 aromatic rings. The third kappa shape index (κ3) is 5.55. The minimum atomic E-state index is -0.508. The molecular weight excluding hydrogens is 322 g/mol. The molecule has 0 aliphatic heterocycles. The van der Waals surface area contributed by atoms with Crippen molar-refractivity contribution in [1.29, 1.82) is 0 Å². The van der Waals surface area contributed by atoms with E-state index in [0.29, 0.717) is 11.5 Å². The molecule has 0 unspecified atom stereocenters. The zero-order chi connectivity index (χ0) is 19.2. The van der Waals surface area contributed by atoms with E-state index in [1.54, 1.807) is 0 Å². The fraction of sp³-hybridized carbons (Fsp3) is 0.565. The lowest BCUT2D eigenvalue weighted by atomic mass is 9.91. The number of carbonyl (C=O) groups excluding carboxylic acids is 1. The number of ether oxygens (including phenoxy) is 1. The van der Waals surface area contributed by atoms with Gasteiger partial charge >= 0.3 is 5.97 Å². The van der Waals surface area contributed by atoms with E-state index in [9.17, 15) is 4.79 Å². The van der Waals surface area contributed by atoms with Crippen molar-refractivity contribution in [2.24, 2.45) is 0 Å². The van der Waals surface area contributed by atoms with Gasteiger partial charge in [0.1, 0.15) is 5.60 Å². The molecular formula is C23H33NO2. The summed E-state index contributed by atoms with van der Waals surface area (Å²) >= 11 is 0. The molecule has 0 bridgehead atoms. The quantitative estimate of drug-likeness (QED) is 0.497. The maximum atomic E-state index is 12.8. The number of nitrogens with zero attached hydrogens (tertiary/aromatic N) is 1. The van der Waals surface area contributed by atoms with Crippen molar-refractivity contribution < 1.29 is 9.53 Å². The SMILES string of the molecule is CCCCC(CCCC)c1cc(C(=O)OC(C)(C)C)c2ccccc2n1. The molecule has 1 aromatic carbocycles. The number of fused-ring (bicyclic) bond motifs is 1. The van der Waals surface area contributed by atoms with Gasteiger partial charge in [-0.2, -0.15) is 0 Å². The first-order valence-corrected chi connectivity index (χ1v) is 9.98. The number of unbranched alkanes of at least 4 members (excludes halogenated alkanes) is 2. The molecule has 0 N–H and O–H groups in total. The van der Waals surface area contributed by atoms with E-state index < -0.39 is 5.60 Å². The van der Waals surface area contributed by atoms with E-state index in [4.69, 9.17) is 9.72 Å². The molecule has 0 saturated heterocycles. The highest BCUT2D eigenvalue weighted by atomic mass is 16.6. The summed E-state index contributed by atoms with van der Waals surface area (Å²) in [5.74, 6) is 0.141. The van der Waals surface area contributed by atoms with Gasteiger partial charge in [0.05, 0.1) is 11.1 Å². The van der Waals surface area contributed by atoms with Crippen molar-refractivity contribution in [3.63, 3.8) is 0 Å². The Balaban J connectivity index is 2.47. The van der Waals surface area contributed by atoms with Gasteiger partial charge in [-0.15, -0.1) is 0 Å². The van der Waals surface area contributed by atoms with Crippen LogP contribution in [0.3, 0.4) is 0 Å². The van der Waals surface area contributed by atoms with Gasteiger partial charge in [-0.25, -0.2) is 4.79 Å². The van der Waals surface area contributed by atoms with Crippen LogP contribution in [-0.4, -0.2) is 16.6 Å². The van der Waals surface area contributed by atoms with Crippen LogP contribution < -0.4 is 0 Å². The van der Waals surface area contributed by atoms with E-state index in [1.165, 1.54) is 25.7 Å². The first-order valence-electron chi connectivity index (χ1n) is 9.98. The van der Waals surface area contributed by atoms with Gasteiger partial charge in [0.15, 0.2) is 0 Å². The zero-order valence-corrected chi connectivity index (χ0v) is 17.0. The highest BCUT2D eigenvalue weighted by Gasteiger charge is 2.22. The zero-order valence-electron chi connectivity index (χ0n) is 17.0. The molecule has 0 amide bonds. The summed E-state index contributed by atoms with van der Waals surface area (Å²) < 4.78 is 5.66. The van der Waals surface area contributed by atoms with Gasteiger partial charge in [0.2, 0.25) is 0 Å². The second-order valence-corrected chi connectivity index (χ2v) is 8.10. The molecule has 3 heteroatoms. The van der Waals surface area contributed by atoms with E-state index in [2.05, 4.69) is 13.8 Å². The second kappa shape index (κ2) is 9.16. The van der Waals surface area contributed by atoms with Crippen LogP contribution in [0.25, 0.3) is 10.9 Å². The molecule has 0 saturated carbocycles. The van der Waals surface area contributed by atoms with Crippen LogP contribution >= 0.6 is 0 Å². The molecule has 0 spiro atoms. The van der Waals surface area contributed by atoms with Crippen LogP contribution in [0.2, 0.25) is 0 Å². The summed E-state index contributed by atoms with van der Waals surface area (Å²) in [6, 6.07) is 9.85. The molecule has 0 aliphatic carbocycles. The minimum Gasteiger partial charge on any atom is -0.456 e. The maximum Gasteiger partial charge on any atom is 0.339 e. The van der Waals surface area contributed by atoms with Gasteiger partial charge in [0, 0.05) is 17.0 Å². The summed E-state index contributed by atoms with van der Waals surface area (Å²) in [5, 5.41) is 0.871. The maximum absolute atomic E-state index is 12.8. The van der Waals surface area contributed by atoms with Gasteiger partial charge in [0.25, 0.3) is 0 Å². The van der Waals surface area contributed by atoms with Crippen LogP contribution in [0, 0.1) is 0 Å². The number of hydrogen-bond donors (Lipinski definition) is 0. The predicted octanol–water partition coefficient (Wildman–Crippen LogP) is 6.65. The highest BCUT2D eigenvalue weighted by Crippen LogP contribution is 2.30. The molecule has 142 valence electrons. The topological polar surface area (TPSA) is 39.2 Å². The van der Waals surface area contributed by atoms with Crippen molar-refractivity contribution >= 4 is 16.9 Å². The van der Waals surface area contributed by atoms with Gasteiger partial charge in [-0.3, -0.25) is 4.98 Å². The molecule has 1 heterocycles. The Labute approximate surface area is 158 Å². The molecule has 2 rings (SSSR count). The lowest BCUT2D eigenvalue weighted by Crippen LogP contribution is -2.24. The Kier molecular flexibility index (Phi) is 7.19. The minimum absolute atomic E-state index is 0.262. The molecule has 0 radical (unpaired) electrons. The Hall–Kier alpha value is -1.90. The predicted molar refractivity (Wildman–Crippen MR) is 109 cm³/mol. The van der Waals surface area contributed by atoms with E-state index >= 15 is 0 Å². The monoisotopic (exact) mass is 355 g/mol. The smallest absolute Gasteiger partial charge is 0.339 e. The molecule has 26 heavy (non-hydrogen) atoms. The summed E-state index contributed by atoms with van der Waals surface area (Å²) in [5.41, 5.74) is 2.04. The average Bonchev–Trinajstić information content (AvgIpc) is 2.59. The van der Waals surface area contributed by atoms with Gasteiger partial charge in [-0.05, 0) is 45.7 Å². The largest absolute Gasteiger partial charge is 0.456 e. The third-order valence-corrected chi connectivity index (χ3v) is 4.59. The Bertz CT molecular complexity index is 723. The van der Waals surface area contributed by atoms with Crippen molar-refractivity contribution in [1.82, 2.24) is 4.98 Å². The van der Waals surface area contributed by atoms with Gasteiger partial charge in [-0.1, -0.05) is 57.7 Å². The third-order valence-electron chi connectivity index (χ3n) is 4.59. The van der Waals surface area contributed by atoms with Crippen LogP contribution in [0.1, 0.15) is 95.1 Å². The summed E-state index contributed by atoms with van der Waals surface area (Å²) in [4.78, 5) is 17.7. The van der Waals surface area contributed by atoms with Gasteiger partial charge < -0.3 is 4.74 Å². The number of benzene rings is 1. The van der Waals surface area contributed by atoms with E-state index in [-0.39, 0.29) is 5.97 Å². The van der Waals surface area contributed by atoms with Crippen LogP contribution in [0.5, 0.6) is 0 Å². The molecule has 1 aromatic heterocycles. The molecule has 3 nitrogen and oxygen atoms in total. The van der Waals surface area contributed by atoms with Crippen molar-refractivity contribution in [2.75, 3.05) is 0 Å². The number of rotatable bonds is 8. The second-order valence-electron chi connectivity index (χ2n) is 8.10. The van der Waals surface area contributed by atoms with Crippen LogP contribution in [0.4, 0.5) is 0 Å². The molecule has 0 fully saturated rings. The molecule has 0 atom stereocenters. The van der Waals surface area contributed by atoms with E-state index in [1.807, 2.05) is 51.1 Å². The van der Waals surface area contributed by atoms with E-state index in [0.717, 1.165) is 29.4 Å². The number of esters is 1. The lowest BCUT2D eigenvalue weighted by molar-refractivity contribution is 0.00716. The fourth-order valence-corrected chi connectivity index (χ4v) is 3.25. The number of hydrogen-bond acceptors (Lipinski definition) is 3. The lowest BCUT2D eigenvalue weighted by Gasteiger charge is -2.22. The van der Waals surface area contributed by atoms with Crippen molar-refractivity contribution in [2.45, 2.75) is 84.7 Å². The number of aromatic nitrogens is 1.